The molecule has 31 heavy (non-hydrogen) atoms. The van der Waals surface area contributed by atoms with Crippen LogP contribution in [-0.4, -0.2) is 40.0 Å². The summed E-state index contributed by atoms with van der Waals surface area (Å²) >= 11 is 0. The van der Waals surface area contributed by atoms with Crippen LogP contribution in [0.25, 0.3) is 11.3 Å². The first kappa shape index (κ1) is 19.9. The Morgan fingerprint density at radius 1 is 1.16 bits per heavy atom. The summed E-state index contributed by atoms with van der Waals surface area (Å²) in [6.07, 6.45) is 4.14. The molecule has 0 spiro atoms. The molecule has 2 aromatic carbocycles. The fraction of sp³-hybridized carbons (Fsp3) is 0.375. The highest BCUT2D eigenvalue weighted by molar-refractivity contribution is 5.79. The molecule has 1 unspecified atom stereocenters. The fourth-order valence-electron chi connectivity index (χ4n) is 5.10. The molecular formula is C24H27FN5O+. The second kappa shape index (κ2) is 8.59. The van der Waals surface area contributed by atoms with Gasteiger partial charge in [0.25, 0.3) is 0 Å². The molecule has 6 nitrogen and oxygen atoms in total. The Labute approximate surface area is 181 Å². The molecule has 0 radical (unpaired) electrons. The zero-order valence-corrected chi connectivity index (χ0v) is 17.4. The summed E-state index contributed by atoms with van der Waals surface area (Å²) in [4.78, 5) is 14.3. The highest BCUT2D eigenvalue weighted by Crippen LogP contribution is 2.28. The summed E-state index contributed by atoms with van der Waals surface area (Å²) in [5.74, 6) is 0.325. The molecule has 3 saturated heterocycles. The van der Waals surface area contributed by atoms with Crippen molar-refractivity contribution in [2.75, 3.05) is 13.1 Å². The van der Waals surface area contributed by atoms with E-state index >= 15 is 0 Å². The summed E-state index contributed by atoms with van der Waals surface area (Å²) in [6.45, 7) is 3.25. The van der Waals surface area contributed by atoms with Crippen LogP contribution in [0.1, 0.15) is 18.4 Å². The normalized spacial score (nSPS) is 24.8. The van der Waals surface area contributed by atoms with E-state index in [1.54, 1.807) is 12.1 Å². The summed E-state index contributed by atoms with van der Waals surface area (Å²) in [5, 5.41) is 11.7. The minimum Gasteiger partial charge on any atom is -0.352 e. The molecule has 0 saturated carbocycles. The largest absolute Gasteiger partial charge is 0.352 e. The van der Waals surface area contributed by atoms with Crippen LogP contribution >= 0.6 is 0 Å². The highest BCUT2D eigenvalue weighted by Gasteiger charge is 2.46. The topological polar surface area (TPSA) is 64.2 Å². The van der Waals surface area contributed by atoms with Crippen LogP contribution in [0.15, 0.2) is 60.8 Å². The van der Waals surface area contributed by atoms with Gasteiger partial charge in [-0.15, -0.1) is 5.10 Å². The van der Waals surface area contributed by atoms with Crippen molar-refractivity contribution in [3.05, 3.63) is 72.2 Å². The van der Waals surface area contributed by atoms with Gasteiger partial charge in [-0.2, -0.15) is 0 Å². The van der Waals surface area contributed by atoms with Crippen molar-refractivity contribution in [1.82, 2.24) is 20.3 Å². The molecular weight excluding hydrogens is 393 g/mol. The fourth-order valence-corrected chi connectivity index (χ4v) is 5.10. The Kier molecular flexibility index (Phi) is 5.51. The molecule has 3 aliphatic rings. The predicted molar refractivity (Wildman–Crippen MR) is 114 cm³/mol. The van der Waals surface area contributed by atoms with Crippen LogP contribution in [-0.2, 0) is 17.9 Å². The van der Waals surface area contributed by atoms with Crippen molar-refractivity contribution in [3.8, 4) is 11.3 Å². The SMILES string of the molecule is O=C(NCc1ccc(F)cc1)[C@H]1C[NH+]2CC[C@@H]1C[C@@H]2Cn1cc(-c2ccccc2)nn1. The number of carbonyl (C=O) groups excluding carboxylic acids is 1. The quantitative estimate of drug-likeness (QED) is 0.638. The molecule has 2 N–H and O–H groups in total. The second-order valence-corrected chi connectivity index (χ2v) is 8.74. The van der Waals surface area contributed by atoms with Crippen LogP contribution in [0, 0.1) is 17.7 Å². The zero-order chi connectivity index (χ0) is 21.2. The smallest absolute Gasteiger partial charge is 0.229 e. The molecule has 1 aromatic heterocycles. The van der Waals surface area contributed by atoms with Gasteiger partial charge in [-0.3, -0.25) is 4.79 Å². The summed E-state index contributed by atoms with van der Waals surface area (Å²) in [6, 6.07) is 16.8. The summed E-state index contributed by atoms with van der Waals surface area (Å²) in [7, 11) is 0. The van der Waals surface area contributed by atoms with Gasteiger partial charge in [-0.1, -0.05) is 47.7 Å². The van der Waals surface area contributed by atoms with E-state index in [0.717, 1.165) is 49.3 Å². The Balaban J connectivity index is 1.18. The number of aromatic nitrogens is 3. The second-order valence-electron chi connectivity index (χ2n) is 8.74. The lowest BCUT2D eigenvalue weighted by atomic mass is 9.75. The van der Waals surface area contributed by atoms with Crippen LogP contribution in [0.3, 0.4) is 0 Å². The number of fused-ring (bicyclic) bond motifs is 3. The van der Waals surface area contributed by atoms with Crippen LogP contribution in [0.5, 0.6) is 0 Å². The molecule has 4 atom stereocenters. The maximum Gasteiger partial charge on any atom is 0.229 e. The number of hydrogen-bond donors (Lipinski definition) is 2. The molecule has 1 amide bonds. The van der Waals surface area contributed by atoms with Crippen molar-refractivity contribution in [1.29, 1.82) is 0 Å². The average molecular weight is 421 g/mol. The Hall–Kier alpha value is -3.06. The van der Waals surface area contributed by atoms with E-state index in [9.17, 15) is 9.18 Å². The van der Waals surface area contributed by atoms with Crippen LogP contribution in [0.4, 0.5) is 4.39 Å². The van der Waals surface area contributed by atoms with E-state index in [1.807, 2.05) is 41.2 Å². The molecule has 4 heterocycles. The van der Waals surface area contributed by atoms with Crippen molar-refractivity contribution < 1.29 is 14.1 Å². The van der Waals surface area contributed by atoms with Crippen molar-refractivity contribution in [3.63, 3.8) is 0 Å². The number of nitrogens with one attached hydrogen (secondary N) is 2. The lowest BCUT2D eigenvalue weighted by Crippen LogP contribution is -3.20. The zero-order valence-electron chi connectivity index (χ0n) is 17.4. The Morgan fingerprint density at radius 2 is 1.97 bits per heavy atom. The number of quaternary nitrogens is 1. The molecule has 7 heteroatoms. The molecule has 2 bridgehead atoms. The van der Waals surface area contributed by atoms with Crippen molar-refractivity contribution in [2.45, 2.75) is 32.0 Å². The number of halogens is 1. The Bertz CT molecular complexity index is 1040. The van der Waals surface area contributed by atoms with Crippen LogP contribution in [0.2, 0.25) is 0 Å². The number of piperidine rings is 3. The van der Waals surface area contributed by atoms with Gasteiger partial charge < -0.3 is 10.2 Å². The van der Waals surface area contributed by atoms with E-state index in [-0.39, 0.29) is 17.6 Å². The van der Waals surface area contributed by atoms with Gasteiger partial charge in [0.1, 0.15) is 17.6 Å². The third-order valence-corrected chi connectivity index (χ3v) is 6.78. The highest BCUT2D eigenvalue weighted by atomic mass is 19.1. The van der Waals surface area contributed by atoms with Gasteiger partial charge in [0.15, 0.2) is 0 Å². The molecule has 3 fully saturated rings. The first-order valence-corrected chi connectivity index (χ1v) is 11.0. The average Bonchev–Trinajstić information content (AvgIpc) is 3.28. The van der Waals surface area contributed by atoms with Gasteiger partial charge in [-0.25, -0.2) is 9.07 Å². The minimum atomic E-state index is -0.259. The van der Waals surface area contributed by atoms with E-state index in [1.165, 1.54) is 17.0 Å². The lowest BCUT2D eigenvalue weighted by molar-refractivity contribution is -0.945. The number of rotatable bonds is 6. The Morgan fingerprint density at radius 3 is 2.71 bits per heavy atom. The maximum atomic E-state index is 13.1. The van der Waals surface area contributed by atoms with Gasteiger partial charge >= 0.3 is 0 Å². The molecule has 6 rings (SSSR count). The summed E-state index contributed by atoms with van der Waals surface area (Å²) in [5.41, 5.74) is 2.88. The number of nitrogens with zero attached hydrogens (tertiary/aromatic N) is 3. The number of benzene rings is 2. The molecule has 3 aliphatic heterocycles. The third-order valence-electron chi connectivity index (χ3n) is 6.78. The predicted octanol–water partition coefficient (Wildman–Crippen LogP) is 1.69. The van der Waals surface area contributed by atoms with E-state index in [4.69, 9.17) is 0 Å². The van der Waals surface area contributed by atoms with E-state index < -0.39 is 0 Å². The third kappa shape index (κ3) is 4.37. The first-order chi connectivity index (χ1) is 15.2. The molecule has 0 aliphatic carbocycles. The number of hydrogen-bond acceptors (Lipinski definition) is 3. The van der Waals surface area contributed by atoms with E-state index in [2.05, 4.69) is 15.6 Å². The minimum absolute atomic E-state index is 0.0519. The van der Waals surface area contributed by atoms with Crippen molar-refractivity contribution in [2.24, 2.45) is 11.8 Å². The monoisotopic (exact) mass is 420 g/mol. The maximum absolute atomic E-state index is 13.1. The van der Waals surface area contributed by atoms with Gasteiger partial charge in [0.05, 0.1) is 31.7 Å². The number of amides is 1. The van der Waals surface area contributed by atoms with E-state index in [0.29, 0.717) is 18.5 Å². The number of carbonyl (C=O) groups is 1. The summed E-state index contributed by atoms with van der Waals surface area (Å²) < 4.78 is 15.0. The molecule has 160 valence electrons. The standard InChI is InChI=1S/C24H26FN5O/c25-20-8-6-17(7-9-20)13-26-24(31)22-15-29-11-10-19(22)12-21(29)14-30-16-23(27-28-30)18-4-2-1-3-5-18/h1-9,16,19,21-22H,10-15H2,(H,26,31)/p+1/t19-,21-,22+/m1/s1. The van der Waals surface area contributed by atoms with Gasteiger partial charge in [0.2, 0.25) is 5.91 Å². The van der Waals surface area contributed by atoms with Gasteiger partial charge in [-0.05, 0) is 23.6 Å². The van der Waals surface area contributed by atoms with Gasteiger partial charge in [0, 0.05) is 24.9 Å². The first-order valence-electron chi connectivity index (χ1n) is 11.0. The molecule has 3 aromatic rings. The van der Waals surface area contributed by atoms with Crippen molar-refractivity contribution >= 4 is 5.91 Å². The lowest BCUT2D eigenvalue weighted by Gasteiger charge is -2.46. The van der Waals surface area contributed by atoms with Crippen LogP contribution < -0.4 is 10.2 Å².